The van der Waals surface area contributed by atoms with Gasteiger partial charge in [0.1, 0.15) is 65.8 Å². The van der Waals surface area contributed by atoms with Crippen LogP contribution in [0.2, 0.25) is 0 Å². The van der Waals surface area contributed by atoms with Crippen molar-refractivity contribution in [2.75, 3.05) is 46.4 Å². The molecule has 2 saturated heterocycles. The Kier molecular flexibility index (Phi) is 24.1. The third-order valence-electron chi connectivity index (χ3n) is 15.0. The highest BCUT2D eigenvalue weighted by atomic mass is 16.7. The number of likely N-dealkylation sites (tertiary alicyclic amines) is 1. The van der Waals surface area contributed by atoms with Crippen molar-refractivity contribution in [3.05, 3.63) is 91.7 Å². The number of rotatable bonds is 20. The van der Waals surface area contributed by atoms with Crippen LogP contribution in [0.5, 0.6) is 0 Å². The summed E-state index contributed by atoms with van der Waals surface area (Å²) in [4.78, 5) is 105. The second-order valence-electron chi connectivity index (χ2n) is 26.0. The third-order valence-corrected chi connectivity index (χ3v) is 15.0. The Morgan fingerprint density at radius 3 is 1.81 bits per heavy atom. The Morgan fingerprint density at radius 1 is 0.756 bits per heavy atom. The van der Waals surface area contributed by atoms with Gasteiger partial charge >= 0.3 is 30.5 Å². The second kappa shape index (κ2) is 30.4. The first-order valence-corrected chi connectivity index (χ1v) is 29.6. The topological polar surface area (TPSA) is 410 Å². The van der Waals surface area contributed by atoms with E-state index in [1.165, 1.54) is 62.5 Å². The fraction of sp³-hybridized carbons (Fsp3) is 0.661. The molecular formula is C59H87N9O22. The molecule has 4 aliphatic rings. The van der Waals surface area contributed by atoms with Gasteiger partial charge in [0.25, 0.3) is 17.3 Å². The molecule has 12 atom stereocenters. The van der Waals surface area contributed by atoms with Gasteiger partial charge in [-0.15, -0.1) is 0 Å². The number of amides is 6. The van der Waals surface area contributed by atoms with Gasteiger partial charge in [-0.3, -0.25) is 25.0 Å². The number of ether oxygens (including phenoxy) is 8. The van der Waals surface area contributed by atoms with Crippen LogP contribution < -0.4 is 26.6 Å². The van der Waals surface area contributed by atoms with Gasteiger partial charge in [0.15, 0.2) is 6.29 Å². The summed E-state index contributed by atoms with van der Waals surface area (Å²) < 4.78 is 46.9. The zero-order valence-electron chi connectivity index (χ0n) is 52.5. The molecule has 6 rings (SSSR count). The summed E-state index contributed by atoms with van der Waals surface area (Å²) in [5, 5.41) is 84.9. The van der Waals surface area contributed by atoms with Gasteiger partial charge in [-0.25, -0.2) is 24.0 Å². The Labute approximate surface area is 521 Å². The number of piperidine rings is 1. The maximum absolute atomic E-state index is 14.2. The van der Waals surface area contributed by atoms with Crippen LogP contribution in [0.3, 0.4) is 0 Å². The molecular weight excluding hydrogens is 1190 g/mol. The summed E-state index contributed by atoms with van der Waals surface area (Å²) in [7, 11) is 1.27. The van der Waals surface area contributed by atoms with Crippen molar-refractivity contribution in [1.82, 2.24) is 36.4 Å². The van der Waals surface area contributed by atoms with E-state index in [0.717, 1.165) is 4.90 Å². The van der Waals surface area contributed by atoms with Crippen molar-refractivity contribution in [1.29, 1.82) is 0 Å². The minimum atomic E-state index is -1.99. The van der Waals surface area contributed by atoms with Crippen molar-refractivity contribution >= 4 is 47.7 Å². The molecule has 2 aromatic rings. The van der Waals surface area contributed by atoms with Crippen molar-refractivity contribution in [3.63, 3.8) is 0 Å². The molecule has 500 valence electrons. The fourth-order valence-corrected chi connectivity index (χ4v) is 10.8. The van der Waals surface area contributed by atoms with Crippen LogP contribution in [0, 0.1) is 32.1 Å². The van der Waals surface area contributed by atoms with Crippen molar-refractivity contribution in [3.8, 4) is 0 Å². The molecule has 90 heavy (non-hydrogen) atoms. The number of likely N-dealkylation sites (N-methyl/N-ethyl adjacent to an activating group) is 1. The Balaban J connectivity index is 1.37. The van der Waals surface area contributed by atoms with Crippen LogP contribution in [0.4, 0.5) is 35.3 Å². The highest BCUT2D eigenvalue weighted by Gasteiger charge is 2.57. The van der Waals surface area contributed by atoms with E-state index in [1.54, 1.807) is 73.3 Å². The Bertz CT molecular complexity index is 2850. The number of nitrogens with one attached hydrogen (secondary N) is 5. The lowest BCUT2D eigenvalue weighted by molar-refractivity contribution is -0.385. The Morgan fingerprint density at radius 2 is 1.29 bits per heavy atom. The molecule has 3 aliphatic heterocycles. The highest BCUT2D eigenvalue weighted by Crippen LogP contribution is 2.39. The molecule has 0 spiro atoms. The molecule has 6 amide bonds. The number of hydrogen-bond acceptors (Lipinski definition) is 23. The number of aliphatic hydroxyl groups excluding tert-OH is 3. The van der Waals surface area contributed by atoms with Gasteiger partial charge in [0, 0.05) is 56.4 Å². The predicted octanol–water partition coefficient (Wildman–Crippen LogP) is 4.14. The number of nitro groups is 2. The SMILES string of the molecule is CN(C(=O)OC(C)(C)C)[C@@H]1[C@@H](O)[C@@H](O[C@@H]2[C@@H](O)[C@H](C3OC(CNCC4CCN(C(=O)OC(C)(C)C)CC4)=CC[C@H]3NC(=O)OCc3ccc([N+](=O)[O-])cc3)[C@@H](NC(=O)OCc3ccc([N+](=O)[O-])cc3)C[C@H]2NC(=O)[C@H](O)CNC(=O)OC(C)(C)C)OC[C@]1(C)O. The number of benzene rings is 2. The smallest absolute Gasteiger partial charge is 0.410 e. The molecule has 9 N–H and O–H groups in total. The van der Waals surface area contributed by atoms with Crippen molar-refractivity contribution < 1.29 is 96.9 Å². The lowest BCUT2D eigenvalue weighted by atomic mass is 9.72. The molecule has 31 heteroatoms. The average Bonchev–Trinajstić information content (AvgIpc) is 0.866. The van der Waals surface area contributed by atoms with Crippen LogP contribution in [-0.4, -0.2) is 206 Å². The van der Waals surface area contributed by atoms with Crippen LogP contribution in [-0.2, 0) is 55.9 Å². The molecule has 0 bridgehead atoms. The summed E-state index contributed by atoms with van der Waals surface area (Å²) in [6.45, 7) is 15.7. The first-order chi connectivity index (χ1) is 42.0. The van der Waals surface area contributed by atoms with Gasteiger partial charge in [0.05, 0.1) is 53.8 Å². The average molecular weight is 1270 g/mol. The monoisotopic (exact) mass is 1270 g/mol. The fourth-order valence-electron chi connectivity index (χ4n) is 10.8. The standard InChI is InChI=1S/C59H87N9O22/c1-56(2,3)88-51(73)61-29-42(69)49(72)62-41-26-40(64-53(75)84-31-35-14-18-37(19-15-35)68(81)82)43(44(70)47(41)87-50-45(71)48(59(10,78)32-85-50)65(11)54(76)89-57(4,5)6)46-39(63-52(74)83-30-34-12-16-36(17-13-34)67(79)80)21-20-38(86-46)28-60-27-33-22-24-66(25-23-33)55(77)90-58(7,8)9/h12-20,33,39-48,50,60,69-71,78H,21-32H2,1-11H3,(H,61,73)(H,62,72)(H,63,74)(H,64,75)/t39-,40+,41-,42-,43-,44+,45-,46?,47+,48-,50-,59+/m1/s1. The van der Waals surface area contributed by atoms with Gasteiger partial charge in [-0.2, -0.15) is 0 Å². The Hall–Kier alpha value is -7.68. The number of carbonyl (C=O) groups is 6. The van der Waals surface area contributed by atoms with Crippen LogP contribution in [0.1, 0.15) is 106 Å². The summed E-state index contributed by atoms with van der Waals surface area (Å²) in [6.07, 6.45) is -12.8. The number of nitro benzene ring substituents is 2. The molecule has 1 saturated carbocycles. The zero-order chi connectivity index (χ0) is 66.6. The van der Waals surface area contributed by atoms with E-state index in [4.69, 9.17) is 37.9 Å². The van der Waals surface area contributed by atoms with E-state index in [0.29, 0.717) is 49.4 Å². The van der Waals surface area contributed by atoms with E-state index in [-0.39, 0.29) is 36.9 Å². The number of nitrogens with zero attached hydrogens (tertiary/aromatic N) is 4. The van der Waals surface area contributed by atoms with E-state index < -0.39 is 162 Å². The minimum absolute atomic E-state index is 0.0101. The molecule has 0 aromatic heterocycles. The number of carbonyl (C=O) groups excluding carboxylic acids is 6. The number of alkyl carbamates (subject to hydrolysis) is 3. The molecule has 0 radical (unpaired) electrons. The van der Waals surface area contributed by atoms with Crippen molar-refractivity contribution in [2.45, 2.75) is 192 Å². The lowest BCUT2D eigenvalue weighted by Gasteiger charge is -2.52. The molecule has 2 aromatic carbocycles. The van der Waals surface area contributed by atoms with E-state index in [9.17, 15) is 69.4 Å². The predicted molar refractivity (Wildman–Crippen MR) is 317 cm³/mol. The van der Waals surface area contributed by atoms with Gasteiger partial charge < -0.3 is 94.7 Å². The number of aliphatic hydroxyl groups is 4. The first-order valence-electron chi connectivity index (χ1n) is 29.6. The minimum Gasteiger partial charge on any atom is -0.491 e. The van der Waals surface area contributed by atoms with E-state index in [2.05, 4.69) is 26.6 Å². The molecule has 1 aliphatic carbocycles. The normalized spacial score (nSPS) is 26.0. The lowest BCUT2D eigenvalue weighted by Crippen LogP contribution is -2.71. The van der Waals surface area contributed by atoms with E-state index in [1.807, 2.05) is 0 Å². The summed E-state index contributed by atoms with van der Waals surface area (Å²) in [6, 6.07) is 4.90. The summed E-state index contributed by atoms with van der Waals surface area (Å²) in [5.41, 5.74) is -4.30. The molecule has 3 heterocycles. The van der Waals surface area contributed by atoms with Gasteiger partial charge in [-0.1, -0.05) is 0 Å². The number of hydrogen-bond donors (Lipinski definition) is 9. The highest BCUT2D eigenvalue weighted by molar-refractivity contribution is 5.82. The second-order valence-corrected chi connectivity index (χ2v) is 26.0. The summed E-state index contributed by atoms with van der Waals surface area (Å²) in [5.74, 6) is -2.15. The molecule has 31 nitrogen and oxygen atoms in total. The molecule has 3 fully saturated rings. The largest absolute Gasteiger partial charge is 0.491 e. The van der Waals surface area contributed by atoms with E-state index >= 15 is 0 Å². The zero-order valence-corrected chi connectivity index (χ0v) is 52.5. The molecule has 1 unspecified atom stereocenters. The van der Waals surface area contributed by atoms with Crippen LogP contribution in [0.15, 0.2) is 60.4 Å². The van der Waals surface area contributed by atoms with Gasteiger partial charge in [-0.05, 0) is 149 Å². The van der Waals surface area contributed by atoms with Gasteiger partial charge in [0.2, 0.25) is 0 Å². The summed E-state index contributed by atoms with van der Waals surface area (Å²) >= 11 is 0. The van der Waals surface area contributed by atoms with Crippen molar-refractivity contribution in [2.24, 2.45) is 11.8 Å². The quantitative estimate of drug-likeness (QED) is 0.0511. The first kappa shape index (κ1) is 71.4. The van der Waals surface area contributed by atoms with Crippen LogP contribution >= 0.6 is 0 Å². The van der Waals surface area contributed by atoms with Crippen LogP contribution in [0.25, 0.3) is 0 Å². The maximum Gasteiger partial charge on any atom is 0.410 e. The third kappa shape index (κ3) is 20.9. The number of non-ortho nitro benzene ring substituents is 2. The maximum atomic E-state index is 14.2.